The first-order chi connectivity index (χ1) is 14.2. The number of alkyl carbamates (subject to hydrolysis) is 1. The van der Waals surface area contributed by atoms with E-state index in [0.29, 0.717) is 13.2 Å². The summed E-state index contributed by atoms with van der Waals surface area (Å²) in [5.74, 6) is 0.0806. The van der Waals surface area contributed by atoms with E-state index < -0.39 is 0 Å². The number of rotatable bonds is 6. The number of pyridine rings is 1. The van der Waals surface area contributed by atoms with E-state index in [1.165, 1.54) is 22.3 Å². The molecule has 5 heteroatoms. The van der Waals surface area contributed by atoms with Crippen molar-refractivity contribution in [2.24, 2.45) is 0 Å². The number of halogens is 1. The number of carbonyl (C=O) groups is 1. The number of benzene rings is 2. The molecule has 1 aromatic heterocycles. The number of fused-ring (bicyclic) bond motifs is 3. The molecular weight excluding hydrogens is 428 g/mol. The van der Waals surface area contributed by atoms with Crippen molar-refractivity contribution in [1.82, 2.24) is 10.3 Å². The Morgan fingerprint density at radius 1 is 1.07 bits per heavy atom. The highest BCUT2D eigenvalue weighted by Crippen LogP contribution is 2.44. The van der Waals surface area contributed by atoms with Gasteiger partial charge in [0.15, 0.2) is 0 Å². The maximum atomic E-state index is 12.1. The molecule has 2 aromatic carbocycles. The van der Waals surface area contributed by atoms with Crippen LogP contribution >= 0.6 is 15.9 Å². The maximum absolute atomic E-state index is 12.1. The van der Waals surface area contributed by atoms with Gasteiger partial charge in [0.05, 0.1) is 0 Å². The monoisotopic (exact) mass is 448 g/mol. The second-order valence-corrected chi connectivity index (χ2v) is 7.80. The van der Waals surface area contributed by atoms with Crippen LogP contribution in [0.1, 0.15) is 29.0 Å². The van der Waals surface area contributed by atoms with Crippen LogP contribution in [0.25, 0.3) is 17.2 Å². The molecule has 4 rings (SSSR count). The van der Waals surface area contributed by atoms with E-state index in [4.69, 9.17) is 4.74 Å². The highest BCUT2D eigenvalue weighted by Gasteiger charge is 2.28. The Labute approximate surface area is 178 Å². The molecule has 0 unspecified atom stereocenters. The van der Waals surface area contributed by atoms with Crippen molar-refractivity contribution in [3.8, 4) is 11.1 Å². The van der Waals surface area contributed by atoms with Crippen LogP contribution in [-0.4, -0.2) is 24.2 Å². The Morgan fingerprint density at radius 3 is 2.45 bits per heavy atom. The SMILES string of the molecule is O=C(NCCC=Cc1cncc(Br)c1)OCC1c2ccccc2-c2ccccc21. The van der Waals surface area contributed by atoms with Gasteiger partial charge in [0.2, 0.25) is 0 Å². The molecule has 0 saturated carbocycles. The average Bonchev–Trinajstić information content (AvgIpc) is 3.06. The molecule has 1 N–H and O–H groups in total. The average molecular weight is 449 g/mol. The molecule has 0 bridgehead atoms. The van der Waals surface area contributed by atoms with Gasteiger partial charge in [-0.2, -0.15) is 0 Å². The summed E-state index contributed by atoms with van der Waals surface area (Å²) in [6.45, 7) is 0.855. The van der Waals surface area contributed by atoms with Crippen LogP contribution in [0.15, 0.2) is 77.5 Å². The van der Waals surface area contributed by atoms with Crippen LogP contribution in [0, 0.1) is 0 Å². The first-order valence-corrected chi connectivity index (χ1v) is 10.4. The fourth-order valence-electron chi connectivity index (χ4n) is 3.65. The highest BCUT2D eigenvalue weighted by atomic mass is 79.9. The van der Waals surface area contributed by atoms with E-state index in [1.807, 2.05) is 42.5 Å². The van der Waals surface area contributed by atoms with E-state index in [2.05, 4.69) is 50.5 Å². The molecule has 3 aromatic rings. The maximum Gasteiger partial charge on any atom is 0.407 e. The molecular formula is C24H21BrN2O2. The van der Waals surface area contributed by atoms with Crippen molar-refractivity contribution >= 4 is 28.1 Å². The lowest BCUT2D eigenvalue weighted by atomic mass is 9.98. The van der Waals surface area contributed by atoms with E-state index in [1.54, 1.807) is 12.4 Å². The first kappa shape index (κ1) is 19.4. The first-order valence-electron chi connectivity index (χ1n) is 9.58. The van der Waals surface area contributed by atoms with Crippen LogP contribution in [0.4, 0.5) is 4.79 Å². The Balaban J connectivity index is 1.28. The predicted molar refractivity (Wildman–Crippen MR) is 119 cm³/mol. The molecule has 1 aliphatic carbocycles. The van der Waals surface area contributed by atoms with Crippen LogP contribution in [0.2, 0.25) is 0 Å². The quantitative estimate of drug-likeness (QED) is 0.485. The fourth-order valence-corrected chi connectivity index (χ4v) is 4.03. The normalized spacial score (nSPS) is 12.6. The Morgan fingerprint density at radius 2 is 1.76 bits per heavy atom. The van der Waals surface area contributed by atoms with Crippen molar-refractivity contribution in [3.63, 3.8) is 0 Å². The number of amides is 1. The molecule has 4 nitrogen and oxygen atoms in total. The Hall–Kier alpha value is -2.92. The molecule has 29 heavy (non-hydrogen) atoms. The molecule has 0 atom stereocenters. The minimum absolute atomic E-state index is 0.0806. The molecule has 0 aliphatic heterocycles. The van der Waals surface area contributed by atoms with Crippen LogP contribution in [0.3, 0.4) is 0 Å². The summed E-state index contributed by atoms with van der Waals surface area (Å²) in [5.41, 5.74) is 5.90. The van der Waals surface area contributed by atoms with Crippen LogP contribution in [0.5, 0.6) is 0 Å². The van der Waals surface area contributed by atoms with E-state index in [9.17, 15) is 4.79 Å². The third-order valence-electron chi connectivity index (χ3n) is 4.96. The molecule has 1 amide bonds. The van der Waals surface area contributed by atoms with Gasteiger partial charge in [-0.05, 0) is 56.2 Å². The Bertz CT molecular complexity index is 1000. The summed E-state index contributed by atoms with van der Waals surface area (Å²) >= 11 is 3.40. The topological polar surface area (TPSA) is 51.2 Å². The van der Waals surface area contributed by atoms with Gasteiger partial charge >= 0.3 is 6.09 Å². The molecule has 0 fully saturated rings. The van der Waals surface area contributed by atoms with Crippen LogP contribution < -0.4 is 5.32 Å². The number of hydrogen-bond donors (Lipinski definition) is 1. The van der Waals surface area contributed by atoms with E-state index in [0.717, 1.165) is 16.5 Å². The standard InChI is InChI=1S/C24H21BrN2O2/c25-18-13-17(14-26-15-18)7-5-6-12-27-24(28)29-16-23-21-10-3-1-8-19(21)20-9-2-4-11-22(20)23/h1-5,7-11,13-15,23H,6,12,16H2,(H,27,28). The zero-order chi connectivity index (χ0) is 20.1. The smallest absolute Gasteiger partial charge is 0.407 e. The number of aromatic nitrogens is 1. The number of carbonyl (C=O) groups excluding carboxylic acids is 1. The second-order valence-electron chi connectivity index (χ2n) is 6.88. The van der Waals surface area contributed by atoms with Gasteiger partial charge < -0.3 is 10.1 Å². The van der Waals surface area contributed by atoms with Crippen molar-refractivity contribution in [2.75, 3.05) is 13.2 Å². The van der Waals surface area contributed by atoms with Gasteiger partial charge in [0.1, 0.15) is 6.61 Å². The summed E-state index contributed by atoms with van der Waals surface area (Å²) in [4.78, 5) is 16.2. The molecule has 0 saturated heterocycles. The summed E-state index contributed by atoms with van der Waals surface area (Å²) in [6, 6.07) is 18.6. The summed E-state index contributed by atoms with van der Waals surface area (Å²) in [5, 5.41) is 2.81. The van der Waals surface area contributed by atoms with E-state index in [-0.39, 0.29) is 12.0 Å². The van der Waals surface area contributed by atoms with Gasteiger partial charge in [-0.25, -0.2) is 4.79 Å². The molecule has 0 spiro atoms. The van der Waals surface area contributed by atoms with Gasteiger partial charge in [-0.1, -0.05) is 60.7 Å². The van der Waals surface area contributed by atoms with Gasteiger partial charge in [0.25, 0.3) is 0 Å². The Kier molecular flexibility index (Phi) is 6.06. The third-order valence-corrected chi connectivity index (χ3v) is 5.39. The number of hydrogen-bond acceptors (Lipinski definition) is 3. The third kappa shape index (κ3) is 4.57. The van der Waals surface area contributed by atoms with Crippen LogP contribution in [-0.2, 0) is 4.74 Å². The van der Waals surface area contributed by atoms with Gasteiger partial charge in [0, 0.05) is 29.3 Å². The summed E-state index contributed by atoms with van der Waals surface area (Å²) in [7, 11) is 0. The number of nitrogens with one attached hydrogen (secondary N) is 1. The molecule has 0 radical (unpaired) electrons. The van der Waals surface area contributed by atoms with Crippen molar-refractivity contribution in [1.29, 1.82) is 0 Å². The second kappa shape index (κ2) is 9.05. The molecule has 1 heterocycles. The lowest BCUT2D eigenvalue weighted by molar-refractivity contribution is 0.143. The fraction of sp³-hybridized carbons (Fsp3) is 0.167. The zero-order valence-electron chi connectivity index (χ0n) is 15.8. The van der Waals surface area contributed by atoms with Crippen molar-refractivity contribution < 1.29 is 9.53 Å². The lowest BCUT2D eigenvalue weighted by Crippen LogP contribution is -2.26. The zero-order valence-corrected chi connectivity index (χ0v) is 17.4. The van der Waals surface area contributed by atoms with E-state index >= 15 is 0 Å². The largest absolute Gasteiger partial charge is 0.449 e. The van der Waals surface area contributed by atoms with Crippen molar-refractivity contribution in [3.05, 3.63) is 94.2 Å². The predicted octanol–water partition coefficient (Wildman–Crippen LogP) is 5.79. The van der Waals surface area contributed by atoms with Crippen molar-refractivity contribution in [2.45, 2.75) is 12.3 Å². The lowest BCUT2D eigenvalue weighted by Gasteiger charge is -2.14. The molecule has 146 valence electrons. The van der Waals surface area contributed by atoms with Gasteiger partial charge in [-0.3, -0.25) is 4.98 Å². The number of nitrogens with zero attached hydrogens (tertiary/aromatic N) is 1. The minimum atomic E-state index is -0.385. The highest BCUT2D eigenvalue weighted by molar-refractivity contribution is 9.10. The minimum Gasteiger partial charge on any atom is -0.449 e. The summed E-state index contributed by atoms with van der Waals surface area (Å²) < 4.78 is 6.47. The summed E-state index contributed by atoms with van der Waals surface area (Å²) in [6.07, 6.45) is 7.86. The number of ether oxygens (including phenoxy) is 1. The van der Waals surface area contributed by atoms with Gasteiger partial charge in [-0.15, -0.1) is 0 Å². The molecule has 1 aliphatic rings.